The van der Waals surface area contributed by atoms with Gasteiger partial charge in [0.15, 0.2) is 0 Å². The fraction of sp³-hybridized carbons (Fsp3) is 0.316. The average Bonchev–Trinajstić information content (AvgIpc) is 2.83. The van der Waals surface area contributed by atoms with E-state index in [1.807, 2.05) is 45.0 Å². The Morgan fingerprint density at radius 2 is 1.80 bits per heavy atom. The van der Waals surface area contributed by atoms with Gasteiger partial charge in [-0.1, -0.05) is 29.5 Å². The van der Waals surface area contributed by atoms with Crippen molar-refractivity contribution in [3.63, 3.8) is 0 Å². The number of rotatable bonds is 4. The summed E-state index contributed by atoms with van der Waals surface area (Å²) in [6.45, 7) is 10.0. The van der Waals surface area contributed by atoms with Crippen molar-refractivity contribution in [1.29, 1.82) is 0 Å². The Balaban J connectivity index is 1.82. The third-order valence-electron chi connectivity index (χ3n) is 4.08. The van der Waals surface area contributed by atoms with Crippen LogP contribution in [0.15, 0.2) is 29.3 Å². The van der Waals surface area contributed by atoms with E-state index in [0.29, 0.717) is 0 Å². The highest BCUT2D eigenvalue weighted by molar-refractivity contribution is 8.00. The van der Waals surface area contributed by atoms with E-state index in [-0.39, 0.29) is 11.2 Å². The van der Waals surface area contributed by atoms with E-state index < -0.39 is 0 Å². The minimum absolute atomic E-state index is 0.0251. The van der Waals surface area contributed by atoms with Gasteiger partial charge < -0.3 is 5.32 Å². The van der Waals surface area contributed by atoms with Gasteiger partial charge in [0.2, 0.25) is 5.91 Å². The predicted octanol–water partition coefficient (Wildman–Crippen LogP) is 5.04. The molecule has 25 heavy (non-hydrogen) atoms. The smallest absolute Gasteiger partial charge is 0.237 e. The molecule has 1 N–H and O–H groups in total. The number of hydrogen-bond acceptors (Lipinski definition) is 5. The topological polar surface area (TPSA) is 54.9 Å². The molecule has 0 saturated heterocycles. The lowest BCUT2D eigenvalue weighted by atomic mass is 10.2. The van der Waals surface area contributed by atoms with E-state index in [4.69, 9.17) is 0 Å². The number of fused-ring (bicyclic) bond motifs is 1. The van der Waals surface area contributed by atoms with Crippen molar-refractivity contribution >= 4 is 44.9 Å². The summed E-state index contributed by atoms with van der Waals surface area (Å²) in [6.07, 6.45) is 0. The van der Waals surface area contributed by atoms with Crippen molar-refractivity contribution in [3.05, 3.63) is 46.1 Å². The van der Waals surface area contributed by atoms with Crippen LogP contribution in [0, 0.1) is 27.7 Å². The first-order chi connectivity index (χ1) is 11.8. The Morgan fingerprint density at radius 1 is 1.12 bits per heavy atom. The number of amides is 1. The molecule has 6 heteroatoms. The molecule has 1 amide bonds. The van der Waals surface area contributed by atoms with Gasteiger partial charge in [0.25, 0.3) is 0 Å². The molecule has 3 aromatic rings. The van der Waals surface area contributed by atoms with Crippen LogP contribution in [-0.4, -0.2) is 21.1 Å². The Hall–Kier alpha value is -1.92. The summed E-state index contributed by atoms with van der Waals surface area (Å²) in [6, 6.07) is 7.82. The van der Waals surface area contributed by atoms with Crippen molar-refractivity contribution in [2.24, 2.45) is 0 Å². The maximum absolute atomic E-state index is 12.5. The van der Waals surface area contributed by atoms with Gasteiger partial charge in [-0.05, 0) is 52.3 Å². The molecule has 4 nitrogen and oxygen atoms in total. The predicted molar refractivity (Wildman–Crippen MR) is 107 cm³/mol. The molecule has 0 radical (unpaired) electrons. The molecule has 2 aromatic heterocycles. The number of benzene rings is 1. The number of thiophene rings is 1. The zero-order valence-corrected chi connectivity index (χ0v) is 16.6. The summed E-state index contributed by atoms with van der Waals surface area (Å²) in [4.78, 5) is 23.9. The number of hydrogen-bond donors (Lipinski definition) is 1. The van der Waals surface area contributed by atoms with Crippen LogP contribution in [0.25, 0.3) is 10.2 Å². The molecule has 3 rings (SSSR count). The maximum atomic E-state index is 12.5. The largest absolute Gasteiger partial charge is 0.325 e. The second kappa shape index (κ2) is 7.14. The molecule has 130 valence electrons. The first kappa shape index (κ1) is 17.9. The number of nitrogens with one attached hydrogen (secondary N) is 1. The molecule has 0 aliphatic heterocycles. The van der Waals surface area contributed by atoms with Crippen LogP contribution >= 0.6 is 23.1 Å². The normalized spacial score (nSPS) is 12.4. The number of nitrogens with zero attached hydrogens (tertiary/aromatic N) is 2. The summed E-state index contributed by atoms with van der Waals surface area (Å²) in [5.41, 5.74) is 3.19. The molecule has 1 aromatic carbocycles. The zero-order valence-electron chi connectivity index (χ0n) is 15.0. The van der Waals surface area contributed by atoms with Crippen molar-refractivity contribution in [2.75, 3.05) is 5.32 Å². The van der Waals surface area contributed by atoms with Gasteiger partial charge in [0, 0.05) is 16.0 Å². The van der Waals surface area contributed by atoms with E-state index in [1.54, 1.807) is 11.3 Å². The Bertz CT molecular complexity index is 932. The van der Waals surface area contributed by atoms with Crippen LogP contribution in [0.4, 0.5) is 5.69 Å². The van der Waals surface area contributed by atoms with Crippen LogP contribution in [0.3, 0.4) is 0 Å². The number of thioether (sulfide) groups is 1. The highest BCUT2D eigenvalue weighted by Gasteiger charge is 2.20. The SMILES string of the molecule is Cc1ccc(NC(=O)[C@@H](C)Sc2nc(C)nc3sc(C)c(C)c23)cc1. The van der Waals surface area contributed by atoms with Gasteiger partial charge in [-0.2, -0.15) is 0 Å². The average molecular weight is 372 g/mol. The van der Waals surface area contributed by atoms with Crippen molar-refractivity contribution < 1.29 is 4.79 Å². The molecule has 0 fully saturated rings. The Labute approximate surface area is 156 Å². The first-order valence-corrected chi connectivity index (χ1v) is 9.83. The molecular formula is C19H21N3OS2. The van der Waals surface area contributed by atoms with E-state index in [0.717, 1.165) is 26.8 Å². The monoisotopic (exact) mass is 371 g/mol. The standard InChI is InChI=1S/C19H21N3OS2/c1-10-6-8-15(9-7-10)22-17(23)13(4)25-19-16-11(2)12(3)24-18(16)20-14(5)21-19/h6-9,13H,1-5H3,(H,22,23)/t13-/m1/s1. The van der Waals surface area contributed by atoms with Crippen LogP contribution < -0.4 is 5.32 Å². The van der Waals surface area contributed by atoms with E-state index in [1.165, 1.54) is 27.8 Å². The fourth-order valence-electron chi connectivity index (χ4n) is 2.50. The number of anilines is 1. The summed E-state index contributed by atoms with van der Waals surface area (Å²) in [7, 11) is 0. The number of aromatic nitrogens is 2. The molecule has 0 aliphatic rings. The summed E-state index contributed by atoms with van der Waals surface area (Å²) < 4.78 is 0. The first-order valence-electron chi connectivity index (χ1n) is 8.13. The fourth-order valence-corrected chi connectivity index (χ4v) is 4.69. The van der Waals surface area contributed by atoms with Gasteiger partial charge in [-0.25, -0.2) is 9.97 Å². The van der Waals surface area contributed by atoms with Crippen LogP contribution in [0.5, 0.6) is 0 Å². The molecule has 0 saturated carbocycles. The van der Waals surface area contributed by atoms with E-state index >= 15 is 0 Å². The molecule has 2 heterocycles. The lowest BCUT2D eigenvalue weighted by Crippen LogP contribution is -2.22. The maximum Gasteiger partial charge on any atom is 0.237 e. The molecule has 1 atom stereocenters. The molecule has 0 bridgehead atoms. The minimum Gasteiger partial charge on any atom is -0.325 e. The summed E-state index contributed by atoms with van der Waals surface area (Å²) >= 11 is 3.17. The minimum atomic E-state index is -0.251. The number of aryl methyl sites for hydroxylation is 4. The molecule has 0 aliphatic carbocycles. The van der Waals surface area contributed by atoms with Crippen LogP contribution in [0.1, 0.15) is 28.8 Å². The zero-order chi connectivity index (χ0) is 18.1. The quantitative estimate of drug-likeness (QED) is 0.515. The lowest BCUT2D eigenvalue weighted by molar-refractivity contribution is -0.115. The van der Waals surface area contributed by atoms with Gasteiger partial charge in [-0.15, -0.1) is 11.3 Å². The van der Waals surface area contributed by atoms with Gasteiger partial charge in [0.05, 0.1) is 5.25 Å². The second-order valence-corrected chi connectivity index (χ2v) is 8.69. The Kier molecular flexibility index (Phi) is 5.11. The lowest BCUT2D eigenvalue weighted by Gasteiger charge is -2.13. The number of carbonyl (C=O) groups excluding carboxylic acids is 1. The molecule has 0 unspecified atom stereocenters. The summed E-state index contributed by atoms with van der Waals surface area (Å²) in [5, 5.41) is 4.68. The molecule has 0 spiro atoms. The highest BCUT2D eigenvalue weighted by Crippen LogP contribution is 2.36. The highest BCUT2D eigenvalue weighted by atomic mass is 32.2. The second-order valence-electron chi connectivity index (χ2n) is 6.15. The van der Waals surface area contributed by atoms with Gasteiger partial charge >= 0.3 is 0 Å². The van der Waals surface area contributed by atoms with Crippen molar-refractivity contribution in [2.45, 2.75) is 44.9 Å². The Morgan fingerprint density at radius 3 is 2.48 bits per heavy atom. The van der Waals surface area contributed by atoms with Crippen molar-refractivity contribution in [3.8, 4) is 0 Å². The number of carbonyl (C=O) groups is 1. The van der Waals surface area contributed by atoms with E-state index in [2.05, 4.69) is 29.1 Å². The van der Waals surface area contributed by atoms with Gasteiger partial charge in [-0.3, -0.25) is 4.79 Å². The third-order valence-corrected chi connectivity index (χ3v) is 6.27. The van der Waals surface area contributed by atoms with Crippen molar-refractivity contribution in [1.82, 2.24) is 9.97 Å². The van der Waals surface area contributed by atoms with Crippen LogP contribution in [0.2, 0.25) is 0 Å². The summed E-state index contributed by atoms with van der Waals surface area (Å²) in [5.74, 6) is 0.713. The molecular weight excluding hydrogens is 350 g/mol. The van der Waals surface area contributed by atoms with Gasteiger partial charge in [0.1, 0.15) is 15.7 Å². The van der Waals surface area contributed by atoms with E-state index in [9.17, 15) is 4.79 Å². The van der Waals surface area contributed by atoms with Crippen LogP contribution in [-0.2, 0) is 4.79 Å². The third kappa shape index (κ3) is 3.85.